The first kappa shape index (κ1) is 11.9. The smallest absolute Gasteiger partial charge is 0.0963 e. The fraction of sp³-hybridized carbons (Fsp3) is 0.583. The minimum absolute atomic E-state index is 0.291. The third-order valence-electron chi connectivity index (χ3n) is 3.25. The molecule has 0 amide bonds. The quantitative estimate of drug-likeness (QED) is 0.798. The van der Waals surface area contributed by atoms with Crippen LogP contribution in [0.2, 0.25) is 0 Å². The van der Waals surface area contributed by atoms with E-state index < -0.39 is 0 Å². The maximum absolute atomic E-state index is 4.23. The second kappa shape index (κ2) is 4.84. The van der Waals surface area contributed by atoms with Crippen molar-refractivity contribution in [2.45, 2.75) is 43.6 Å². The number of alkyl halides is 1. The summed E-state index contributed by atoms with van der Waals surface area (Å²) in [6.07, 6.45) is 9.40. The number of imidazole rings is 1. The van der Waals surface area contributed by atoms with Gasteiger partial charge in [-0.25, -0.2) is 9.67 Å². The lowest BCUT2D eigenvalue weighted by molar-refractivity contribution is 0.596. The van der Waals surface area contributed by atoms with E-state index in [4.69, 9.17) is 0 Å². The lowest BCUT2D eigenvalue weighted by atomic mass is 10.3. The summed E-state index contributed by atoms with van der Waals surface area (Å²) in [5.41, 5.74) is 2.20. The van der Waals surface area contributed by atoms with Crippen molar-refractivity contribution in [3.05, 3.63) is 30.1 Å². The highest BCUT2D eigenvalue weighted by Gasteiger charge is 2.25. The maximum Gasteiger partial charge on any atom is 0.0963 e. The summed E-state index contributed by atoms with van der Waals surface area (Å²) in [7, 11) is 0. The molecule has 1 atom stereocenters. The van der Waals surface area contributed by atoms with Gasteiger partial charge in [0.15, 0.2) is 0 Å². The molecule has 0 saturated heterocycles. The molecule has 1 aliphatic rings. The topological polar surface area (TPSA) is 48.5 Å². The molecule has 0 radical (unpaired) electrons. The van der Waals surface area contributed by atoms with E-state index in [2.05, 4.69) is 42.7 Å². The number of nitrogens with zero attached hydrogens (tertiary/aromatic N) is 5. The van der Waals surface area contributed by atoms with E-state index in [0.29, 0.717) is 10.9 Å². The Hall–Kier alpha value is -1.17. The summed E-state index contributed by atoms with van der Waals surface area (Å²) < 4.78 is 4.14. The van der Waals surface area contributed by atoms with Crippen LogP contribution < -0.4 is 0 Å². The number of hydrogen-bond donors (Lipinski definition) is 0. The Bertz CT molecular complexity index is 528. The molecule has 0 bridgehead atoms. The minimum atomic E-state index is 0.291. The molecule has 5 nitrogen and oxygen atoms in total. The summed E-state index contributed by atoms with van der Waals surface area (Å²) in [5.74, 6) is 0. The zero-order valence-electron chi connectivity index (χ0n) is 10.3. The molecular formula is C12H16BrN5. The summed E-state index contributed by atoms with van der Waals surface area (Å²) in [6.45, 7) is 2.87. The summed E-state index contributed by atoms with van der Waals surface area (Å²) in [6, 6.07) is 0.657. The van der Waals surface area contributed by atoms with Gasteiger partial charge in [-0.2, -0.15) is 0 Å². The number of rotatable bonds is 5. The van der Waals surface area contributed by atoms with Crippen molar-refractivity contribution in [2.75, 3.05) is 0 Å². The van der Waals surface area contributed by atoms with Gasteiger partial charge in [-0.3, -0.25) is 0 Å². The van der Waals surface area contributed by atoms with E-state index >= 15 is 0 Å². The molecule has 1 unspecified atom stereocenters. The van der Waals surface area contributed by atoms with Crippen LogP contribution in [0.15, 0.2) is 18.7 Å². The van der Waals surface area contributed by atoms with Gasteiger partial charge in [0.2, 0.25) is 0 Å². The van der Waals surface area contributed by atoms with Crippen LogP contribution >= 0.6 is 15.9 Å². The van der Waals surface area contributed by atoms with Crippen molar-refractivity contribution >= 4 is 15.9 Å². The second-order valence-corrected chi connectivity index (χ2v) is 5.85. The highest BCUT2D eigenvalue weighted by Crippen LogP contribution is 2.35. The van der Waals surface area contributed by atoms with Gasteiger partial charge in [-0.15, -0.1) is 5.10 Å². The molecular weight excluding hydrogens is 294 g/mol. The third kappa shape index (κ3) is 2.34. The molecule has 1 fully saturated rings. The summed E-state index contributed by atoms with van der Waals surface area (Å²) >= 11 is 3.59. The predicted molar refractivity (Wildman–Crippen MR) is 71.6 cm³/mol. The lowest BCUT2D eigenvalue weighted by Gasteiger charge is -2.05. The first-order chi connectivity index (χ1) is 8.78. The normalized spacial score (nSPS) is 17.0. The van der Waals surface area contributed by atoms with Crippen LogP contribution in [0.25, 0.3) is 0 Å². The Labute approximate surface area is 114 Å². The Morgan fingerprint density at radius 3 is 3.06 bits per heavy atom. The monoisotopic (exact) mass is 309 g/mol. The fourth-order valence-corrected chi connectivity index (χ4v) is 2.26. The Kier molecular flexibility index (Phi) is 3.20. The first-order valence-electron chi connectivity index (χ1n) is 6.32. The minimum Gasteiger partial charge on any atom is -0.330 e. The highest BCUT2D eigenvalue weighted by atomic mass is 79.9. The Balaban J connectivity index is 1.75. The molecule has 1 saturated carbocycles. The standard InChI is InChI=1S/C12H16BrN5/c1-2-11(13)12-7-17(16-15-12)6-10-5-14-8-18(10)9-3-4-9/h5,7-9,11H,2-4,6H2,1H3. The van der Waals surface area contributed by atoms with Crippen LogP contribution in [0, 0.1) is 0 Å². The van der Waals surface area contributed by atoms with E-state index in [9.17, 15) is 0 Å². The molecule has 18 heavy (non-hydrogen) atoms. The van der Waals surface area contributed by atoms with Crippen molar-refractivity contribution in [3.8, 4) is 0 Å². The van der Waals surface area contributed by atoms with Crippen LogP contribution in [0.5, 0.6) is 0 Å². The molecule has 2 aromatic heterocycles. The van der Waals surface area contributed by atoms with E-state index in [0.717, 1.165) is 18.7 Å². The van der Waals surface area contributed by atoms with Gasteiger partial charge in [0.1, 0.15) is 0 Å². The van der Waals surface area contributed by atoms with E-state index in [1.165, 1.54) is 18.5 Å². The van der Waals surface area contributed by atoms with Crippen LogP contribution in [-0.4, -0.2) is 24.5 Å². The number of halogens is 1. The van der Waals surface area contributed by atoms with Gasteiger partial charge >= 0.3 is 0 Å². The second-order valence-electron chi connectivity index (χ2n) is 4.74. The first-order valence-corrected chi connectivity index (χ1v) is 7.24. The van der Waals surface area contributed by atoms with Gasteiger partial charge in [0.25, 0.3) is 0 Å². The Morgan fingerprint density at radius 2 is 2.33 bits per heavy atom. The maximum atomic E-state index is 4.23. The van der Waals surface area contributed by atoms with Crippen molar-refractivity contribution in [1.82, 2.24) is 24.5 Å². The average Bonchev–Trinajstić information content (AvgIpc) is 2.95. The van der Waals surface area contributed by atoms with Crippen molar-refractivity contribution in [2.24, 2.45) is 0 Å². The molecule has 6 heteroatoms. The van der Waals surface area contributed by atoms with Gasteiger partial charge in [-0.05, 0) is 19.3 Å². The molecule has 3 rings (SSSR count). The highest BCUT2D eigenvalue weighted by molar-refractivity contribution is 9.09. The largest absolute Gasteiger partial charge is 0.330 e. The van der Waals surface area contributed by atoms with Gasteiger partial charge < -0.3 is 4.57 Å². The van der Waals surface area contributed by atoms with Gasteiger partial charge in [0, 0.05) is 6.04 Å². The number of aromatic nitrogens is 5. The summed E-state index contributed by atoms with van der Waals surface area (Å²) in [4.78, 5) is 4.52. The van der Waals surface area contributed by atoms with Crippen molar-refractivity contribution in [1.29, 1.82) is 0 Å². The summed E-state index contributed by atoms with van der Waals surface area (Å²) in [5, 5.41) is 8.37. The van der Waals surface area contributed by atoms with E-state index in [1.54, 1.807) is 0 Å². The lowest BCUT2D eigenvalue weighted by Crippen LogP contribution is -2.06. The zero-order chi connectivity index (χ0) is 12.5. The van der Waals surface area contributed by atoms with Gasteiger partial charge in [0.05, 0.1) is 41.5 Å². The zero-order valence-corrected chi connectivity index (χ0v) is 11.9. The molecule has 1 aliphatic carbocycles. The molecule has 0 spiro atoms. The molecule has 0 N–H and O–H groups in total. The predicted octanol–water partition coefficient (Wildman–Crippen LogP) is 2.70. The van der Waals surface area contributed by atoms with Crippen molar-refractivity contribution < 1.29 is 0 Å². The van der Waals surface area contributed by atoms with Gasteiger partial charge in [-0.1, -0.05) is 28.1 Å². The molecule has 0 aromatic carbocycles. The van der Waals surface area contributed by atoms with Crippen LogP contribution in [-0.2, 0) is 6.54 Å². The van der Waals surface area contributed by atoms with Crippen LogP contribution in [0.1, 0.15) is 48.4 Å². The molecule has 0 aliphatic heterocycles. The van der Waals surface area contributed by atoms with Crippen LogP contribution in [0.4, 0.5) is 0 Å². The van der Waals surface area contributed by atoms with Crippen LogP contribution in [0.3, 0.4) is 0 Å². The molecule has 2 aromatic rings. The average molecular weight is 310 g/mol. The number of hydrogen-bond acceptors (Lipinski definition) is 3. The SMILES string of the molecule is CCC(Br)c1cn(Cc2cncn2C2CC2)nn1. The van der Waals surface area contributed by atoms with E-state index in [-0.39, 0.29) is 0 Å². The molecule has 96 valence electrons. The van der Waals surface area contributed by atoms with E-state index in [1.807, 2.05) is 23.4 Å². The molecule has 2 heterocycles. The third-order valence-corrected chi connectivity index (χ3v) is 4.36. The fourth-order valence-electron chi connectivity index (χ4n) is 2.05. The Morgan fingerprint density at radius 1 is 1.50 bits per heavy atom. The van der Waals surface area contributed by atoms with Crippen molar-refractivity contribution in [3.63, 3.8) is 0 Å².